The van der Waals surface area contributed by atoms with Crippen LogP contribution in [0.2, 0.25) is 5.02 Å². The number of benzene rings is 2. The van der Waals surface area contributed by atoms with E-state index in [2.05, 4.69) is 22.0 Å². The molecule has 0 saturated carbocycles. The third-order valence-corrected chi connectivity index (χ3v) is 3.60. The minimum Gasteiger partial charge on any atom is -0.497 e. The van der Waals surface area contributed by atoms with E-state index in [9.17, 15) is 0 Å². The van der Waals surface area contributed by atoms with Gasteiger partial charge in [0.05, 0.1) is 18.7 Å². The standard InChI is InChI=1S/C15H11BrClNO2/c1-19-13-4-10(9-18)5-14(6-13)20-12-3-2-11(8-16)15(17)7-12/h2-7H,8H2,1H3. The number of halogens is 2. The van der Waals surface area contributed by atoms with E-state index < -0.39 is 0 Å². The molecule has 0 aliphatic rings. The lowest BCUT2D eigenvalue weighted by atomic mass is 10.2. The third-order valence-electron chi connectivity index (χ3n) is 2.65. The molecule has 0 bridgehead atoms. The Labute approximate surface area is 130 Å². The van der Waals surface area contributed by atoms with Crippen LogP contribution in [-0.2, 0) is 5.33 Å². The van der Waals surface area contributed by atoms with Gasteiger partial charge in [-0.05, 0) is 29.8 Å². The van der Waals surface area contributed by atoms with Crippen LogP contribution in [0, 0.1) is 11.3 Å². The van der Waals surface area contributed by atoms with Gasteiger partial charge in [0.2, 0.25) is 0 Å². The maximum Gasteiger partial charge on any atom is 0.132 e. The highest BCUT2D eigenvalue weighted by atomic mass is 79.9. The summed E-state index contributed by atoms with van der Waals surface area (Å²) in [5.41, 5.74) is 1.46. The Kier molecular flexibility index (Phi) is 4.89. The van der Waals surface area contributed by atoms with Crippen LogP contribution in [0.3, 0.4) is 0 Å². The molecule has 0 radical (unpaired) electrons. The van der Waals surface area contributed by atoms with Crippen LogP contribution in [0.5, 0.6) is 17.2 Å². The Hall–Kier alpha value is -1.70. The van der Waals surface area contributed by atoms with Crippen molar-refractivity contribution in [3.8, 4) is 23.3 Å². The van der Waals surface area contributed by atoms with Crippen molar-refractivity contribution in [3.05, 3.63) is 52.5 Å². The first-order valence-corrected chi connectivity index (χ1v) is 7.27. The Morgan fingerprint density at radius 1 is 1.15 bits per heavy atom. The van der Waals surface area contributed by atoms with E-state index in [0.29, 0.717) is 33.2 Å². The van der Waals surface area contributed by atoms with Gasteiger partial charge in [-0.15, -0.1) is 0 Å². The first-order valence-electron chi connectivity index (χ1n) is 5.77. The van der Waals surface area contributed by atoms with Gasteiger partial charge in [0, 0.05) is 16.4 Å². The molecule has 20 heavy (non-hydrogen) atoms. The van der Waals surface area contributed by atoms with E-state index in [4.69, 9.17) is 26.3 Å². The smallest absolute Gasteiger partial charge is 0.132 e. The molecule has 5 heteroatoms. The molecular weight excluding hydrogens is 342 g/mol. The SMILES string of the molecule is COc1cc(C#N)cc(Oc2ccc(CBr)c(Cl)c2)c1. The second-order valence-electron chi connectivity index (χ2n) is 4.00. The van der Waals surface area contributed by atoms with Gasteiger partial charge in [-0.3, -0.25) is 0 Å². The van der Waals surface area contributed by atoms with Crippen molar-refractivity contribution in [2.45, 2.75) is 5.33 Å². The summed E-state index contributed by atoms with van der Waals surface area (Å²) in [4.78, 5) is 0. The second-order valence-corrected chi connectivity index (χ2v) is 4.97. The molecule has 2 aromatic carbocycles. The lowest BCUT2D eigenvalue weighted by molar-refractivity contribution is 0.409. The molecule has 0 heterocycles. The van der Waals surface area contributed by atoms with Gasteiger partial charge in [0.15, 0.2) is 0 Å². The summed E-state index contributed by atoms with van der Waals surface area (Å²) in [6, 6.07) is 12.5. The normalized spacial score (nSPS) is 9.90. The Bertz CT molecular complexity index is 667. The van der Waals surface area contributed by atoms with Crippen molar-refractivity contribution in [1.29, 1.82) is 5.26 Å². The fraction of sp³-hybridized carbons (Fsp3) is 0.133. The van der Waals surface area contributed by atoms with E-state index in [1.54, 1.807) is 31.4 Å². The number of rotatable bonds is 4. The first-order chi connectivity index (χ1) is 9.66. The van der Waals surface area contributed by atoms with Gasteiger partial charge in [0.25, 0.3) is 0 Å². The minimum absolute atomic E-state index is 0.475. The number of nitriles is 1. The maximum absolute atomic E-state index is 8.97. The highest BCUT2D eigenvalue weighted by Crippen LogP contribution is 2.30. The number of hydrogen-bond donors (Lipinski definition) is 0. The van der Waals surface area contributed by atoms with Crippen LogP contribution in [0.1, 0.15) is 11.1 Å². The Morgan fingerprint density at radius 3 is 2.50 bits per heavy atom. The molecule has 0 N–H and O–H groups in total. The molecular formula is C15H11BrClNO2. The van der Waals surface area contributed by atoms with Gasteiger partial charge in [-0.1, -0.05) is 33.6 Å². The lowest BCUT2D eigenvalue weighted by Crippen LogP contribution is -1.90. The fourth-order valence-corrected chi connectivity index (χ4v) is 2.54. The summed E-state index contributed by atoms with van der Waals surface area (Å²) in [5, 5.41) is 10.3. The topological polar surface area (TPSA) is 42.2 Å². The van der Waals surface area contributed by atoms with Crippen LogP contribution in [0.15, 0.2) is 36.4 Å². The molecule has 0 amide bonds. The zero-order chi connectivity index (χ0) is 14.5. The number of ether oxygens (including phenoxy) is 2. The van der Waals surface area contributed by atoms with Crippen LogP contribution >= 0.6 is 27.5 Å². The van der Waals surface area contributed by atoms with Gasteiger partial charge < -0.3 is 9.47 Å². The van der Waals surface area contributed by atoms with Gasteiger partial charge in [0.1, 0.15) is 17.2 Å². The maximum atomic E-state index is 8.97. The molecule has 102 valence electrons. The summed E-state index contributed by atoms with van der Waals surface area (Å²) in [6.07, 6.45) is 0. The van der Waals surface area contributed by atoms with Crippen molar-refractivity contribution >= 4 is 27.5 Å². The number of nitrogens with zero attached hydrogens (tertiary/aromatic N) is 1. The van der Waals surface area contributed by atoms with E-state index in [1.165, 1.54) is 0 Å². The molecule has 0 atom stereocenters. The summed E-state index contributed by atoms with van der Waals surface area (Å²) in [7, 11) is 1.54. The van der Waals surface area contributed by atoms with E-state index in [-0.39, 0.29) is 0 Å². The molecule has 0 aliphatic heterocycles. The summed E-state index contributed by atoms with van der Waals surface area (Å²) in [5.74, 6) is 1.71. The minimum atomic E-state index is 0.475. The monoisotopic (exact) mass is 351 g/mol. The number of methoxy groups -OCH3 is 1. The third kappa shape index (κ3) is 3.44. The summed E-state index contributed by atoms with van der Waals surface area (Å²) < 4.78 is 10.8. The van der Waals surface area contributed by atoms with Crippen LogP contribution < -0.4 is 9.47 Å². The molecule has 0 unspecified atom stereocenters. The van der Waals surface area contributed by atoms with Gasteiger partial charge >= 0.3 is 0 Å². The summed E-state index contributed by atoms with van der Waals surface area (Å²) >= 11 is 9.49. The zero-order valence-corrected chi connectivity index (χ0v) is 13.0. The highest BCUT2D eigenvalue weighted by Gasteiger charge is 2.06. The van der Waals surface area contributed by atoms with E-state index in [0.717, 1.165) is 5.56 Å². The zero-order valence-electron chi connectivity index (χ0n) is 10.7. The molecule has 0 spiro atoms. The van der Waals surface area contributed by atoms with Crippen molar-refractivity contribution in [1.82, 2.24) is 0 Å². The van der Waals surface area contributed by atoms with Gasteiger partial charge in [-0.25, -0.2) is 0 Å². The average molecular weight is 353 g/mol. The second kappa shape index (κ2) is 6.65. The Morgan fingerprint density at radius 2 is 1.90 bits per heavy atom. The van der Waals surface area contributed by atoms with E-state index in [1.807, 2.05) is 12.1 Å². The van der Waals surface area contributed by atoms with Crippen molar-refractivity contribution < 1.29 is 9.47 Å². The summed E-state index contributed by atoms with van der Waals surface area (Å²) in [6.45, 7) is 0. The predicted octanol–water partition coefficient (Wildman–Crippen LogP) is 4.91. The van der Waals surface area contributed by atoms with Crippen molar-refractivity contribution in [2.24, 2.45) is 0 Å². The molecule has 2 rings (SSSR count). The molecule has 3 nitrogen and oxygen atoms in total. The molecule has 0 saturated heterocycles. The molecule has 0 aliphatic carbocycles. The van der Waals surface area contributed by atoms with Crippen molar-refractivity contribution in [2.75, 3.05) is 7.11 Å². The number of hydrogen-bond acceptors (Lipinski definition) is 3. The van der Waals surface area contributed by atoms with Crippen molar-refractivity contribution in [3.63, 3.8) is 0 Å². The van der Waals surface area contributed by atoms with Crippen LogP contribution in [-0.4, -0.2) is 7.11 Å². The number of alkyl halides is 1. The quantitative estimate of drug-likeness (QED) is 0.734. The van der Waals surface area contributed by atoms with E-state index >= 15 is 0 Å². The van der Waals surface area contributed by atoms with Crippen LogP contribution in [0.25, 0.3) is 0 Å². The first kappa shape index (κ1) is 14.7. The predicted molar refractivity (Wildman–Crippen MR) is 81.9 cm³/mol. The molecule has 0 aromatic heterocycles. The highest BCUT2D eigenvalue weighted by molar-refractivity contribution is 9.08. The van der Waals surface area contributed by atoms with Crippen LogP contribution in [0.4, 0.5) is 0 Å². The lowest BCUT2D eigenvalue weighted by Gasteiger charge is -2.09. The Balaban J connectivity index is 2.30. The molecule has 0 fully saturated rings. The largest absolute Gasteiger partial charge is 0.497 e. The fourth-order valence-electron chi connectivity index (χ4n) is 1.65. The van der Waals surface area contributed by atoms with Gasteiger partial charge in [-0.2, -0.15) is 5.26 Å². The molecule has 2 aromatic rings. The average Bonchev–Trinajstić information content (AvgIpc) is 2.47.